The second-order valence-electron chi connectivity index (χ2n) is 6.25. The number of allylic oxidation sites excluding steroid dienone is 1. The van der Waals surface area contributed by atoms with E-state index >= 15 is 0 Å². The summed E-state index contributed by atoms with van der Waals surface area (Å²) in [4.78, 5) is 14.7. The van der Waals surface area contributed by atoms with Crippen molar-refractivity contribution < 1.29 is 19.0 Å². The summed E-state index contributed by atoms with van der Waals surface area (Å²) in [7, 11) is 0. The molecule has 2 aliphatic rings. The lowest BCUT2D eigenvalue weighted by Crippen LogP contribution is -2.36. The third-order valence-corrected chi connectivity index (χ3v) is 4.52. The average molecular weight is 351 g/mol. The number of hydrogen-bond donors (Lipinski definition) is 0. The molecule has 2 aromatic carbocycles. The molecule has 0 aliphatic carbocycles. The van der Waals surface area contributed by atoms with Gasteiger partial charge < -0.3 is 19.1 Å². The van der Waals surface area contributed by atoms with E-state index in [0.29, 0.717) is 18.8 Å². The molecule has 1 fully saturated rings. The number of anilines is 1. The van der Waals surface area contributed by atoms with Crippen LogP contribution < -0.4 is 14.4 Å². The molecule has 0 amide bonds. The van der Waals surface area contributed by atoms with Crippen molar-refractivity contribution in [1.29, 1.82) is 0 Å². The van der Waals surface area contributed by atoms with Crippen LogP contribution in [0.2, 0.25) is 0 Å². The van der Waals surface area contributed by atoms with E-state index in [1.165, 1.54) is 0 Å². The molecular weight excluding hydrogens is 330 g/mol. The van der Waals surface area contributed by atoms with E-state index in [1.807, 2.05) is 42.5 Å². The highest BCUT2D eigenvalue weighted by atomic mass is 16.6. The Labute approximate surface area is 152 Å². The Hall–Kier alpha value is -2.79. The van der Waals surface area contributed by atoms with Crippen molar-refractivity contribution in [2.24, 2.45) is 0 Å². The Morgan fingerprint density at radius 1 is 0.885 bits per heavy atom. The number of carbonyl (C=O) groups is 1. The van der Waals surface area contributed by atoms with Crippen LogP contribution in [0.4, 0.5) is 5.69 Å². The molecule has 1 saturated heterocycles. The Bertz CT molecular complexity index is 807. The van der Waals surface area contributed by atoms with Gasteiger partial charge in [0.25, 0.3) is 0 Å². The summed E-state index contributed by atoms with van der Waals surface area (Å²) in [5.74, 6) is 1.45. The predicted octanol–water partition coefficient (Wildman–Crippen LogP) is 3.19. The van der Waals surface area contributed by atoms with Gasteiger partial charge >= 0.3 is 0 Å². The predicted molar refractivity (Wildman–Crippen MR) is 100 cm³/mol. The van der Waals surface area contributed by atoms with Crippen LogP contribution in [-0.4, -0.2) is 45.3 Å². The molecule has 2 aromatic rings. The van der Waals surface area contributed by atoms with Crippen molar-refractivity contribution >= 4 is 17.5 Å². The minimum absolute atomic E-state index is 0.0200. The van der Waals surface area contributed by atoms with E-state index in [2.05, 4.69) is 4.90 Å². The topological polar surface area (TPSA) is 48.0 Å². The van der Waals surface area contributed by atoms with Crippen LogP contribution in [0.1, 0.15) is 15.9 Å². The average Bonchev–Trinajstić information content (AvgIpc) is 2.72. The van der Waals surface area contributed by atoms with Crippen molar-refractivity contribution in [2.75, 3.05) is 44.4 Å². The molecule has 0 spiro atoms. The molecule has 26 heavy (non-hydrogen) atoms. The first-order valence-corrected chi connectivity index (χ1v) is 8.84. The van der Waals surface area contributed by atoms with Gasteiger partial charge in [0.1, 0.15) is 13.2 Å². The van der Waals surface area contributed by atoms with Crippen LogP contribution in [0.15, 0.2) is 48.5 Å². The molecule has 0 N–H and O–H groups in total. The van der Waals surface area contributed by atoms with Crippen molar-refractivity contribution in [1.82, 2.24) is 0 Å². The summed E-state index contributed by atoms with van der Waals surface area (Å²) in [5.41, 5.74) is 2.71. The third-order valence-electron chi connectivity index (χ3n) is 4.52. The summed E-state index contributed by atoms with van der Waals surface area (Å²) in [6.07, 6.45) is 3.39. The lowest BCUT2D eigenvalue weighted by molar-refractivity contribution is 0.104. The molecule has 4 rings (SSSR count). The van der Waals surface area contributed by atoms with Crippen LogP contribution in [0.25, 0.3) is 6.08 Å². The van der Waals surface area contributed by atoms with Crippen LogP contribution in [0.3, 0.4) is 0 Å². The van der Waals surface area contributed by atoms with Gasteiger partial charge in [0.15, 0.2) is 17.3 Å². The number of ether oxygens (including phenoxy) is 3. The standard InChI is InChI=1S/C21H21NO4/c23-19(7-1-16-2-8-20-21(15-16)26-14-13-25-20)17-3-5-18(6-4-17)22-9-11-24-12-10-22/h1-8,15H,9-14H2/b7-1+. The molecular formula is C21H21NO4. The second-order valence-corrected chi connectivity index (χ2v) is 6.25. The minimum atomic E-state index is -0.0200. The maximum atomic E-state index is 12.4. The first-order chi connectivity index (χ1) is 12.8. The fourth-order valence-electron chi connectivity index (χ4n) is 3.09. The van der Waals surface area contributed by atoms with Crippen LogP contribution >= 0.6 is 0 Å². The van der Waals surface area contributed by atoms with Gasteiger partial charge in [-0.1, -0.05) is 12.1 Å². The normalized spacial score (nSPS) is 16.7. The monoisotopic (exact) mass is 351 g/mol. The summed E-state index contributed by atoms with van der Waals surface area (Å²) in [6, 6.07) is 13.4. The fourth-order valence-corrected chi connectivity index (χ4v) is 3.09. The molecule has 134 valence electrons. The maximum absolute atomic E-state index is 12.4. The number of carbonyl (C=O) groups excluding carboxylic acids is 1. The molecule has 0 saturated carbocycles. The van der Waals surface area contributed by atoms with Crippen LogP contribution in [0.5, 0.6) is 11.5 Å². The van der Waals surface area contributed by atoms with Crippen molar-refractivity contribution in [3.63, 3.8) is 0 Å². The highest BCUT2D eigenvalue weighted by Gasteiger charge is 2.12. The van der Waals surface area contributed by atoms with Gasteiger partial charge in [-0.05, 0) is 48.0 Å². The Balaban J connectivity index is 1.43. The van der Waals surface area contributed by atoms with Crippen molar-refractivity contribution in [3.8, 4) is 11.5 Å². The van der Waals surface area contributed by atoms with Gasteiger partial charge in [-0.3, -0.25) is 4.79 Å². The third kappa shape index (κ3) is 3.73. The van der Waals surface area contributed by atoms with Gasteiger partial charge in [-0.2, -0.15) is 0 Å². The summed E-state index contributed by atoms with van der Waals surface area (Å²) in [5, 5.41) is 0. The van der Waals surface area contributed by atoms with Crippen molar-refractivity contribution in [3.05, 3.63) is 59.7 Å². The first-order valence-electron chi connectivity index (χ1n) is 8.84. The zero-order valence-electron chi connectivity index (χ0n) is 14.5. The van der Waals surface area contributed by atoms with Crippen LogP contribution in [0, 0.1) is 0 Å². The number of fused-ring (bicyclic) bond motifs is 1. The van der Waals surface area contributed by atoms with E-state index in [9.17, 15) is 4.79 Å². The molecule has 0 unspecified atom stereocenters. The number of benzene rings is 2. The first kappa shape index (κ1) is 16.7. The van der Waals surface area contributed by atoms with Crippen LogP contribution in [-0.2, 0) is 4.74 Å². The molecule has 2 aliphatic heterocycles. The van der Waals surface area contributed by atoms with Gasteiger partial charge in [-0.15, -0.1) is 0 Å². The van der Waals surface area contributed by atoms with Gasteiger partial charge in [0.2, 0.25) is 0 Å². The summed E-state index contributed by atoms with van der Waals surface area (Å²) in [6.45, 7) is 4.39. The van der Waals surface area contributed by atoms with E-state index in [-0.39, 0.29) is 5.78 Å². The molecule has 2 heterocycles. The maximum Gasteiger partial charge on any atom is 0.185 e. The molecule has 0 atom stereocenters. The smallest absolute Gasteiger partial charge is 0.185 e. The van der Waals surface area contributed by atoms with E-state index < -0.39 is 0 Å². The highest BCUT2D eigenvalue weighted by Crippen LogP contribution is 2.31. The Morgan fingerprint density at radius 3 is 2.38 bits per heavy atom. The Morgan fingerprint density at radius 2 is 1.62 bits per heavy atom. The summed E-state index contributed by atoms with van der Waals surface area (Å²) < 4.78 is 16.4. The number of ketones is 1. The Kier molecular flexibility index (Phi) is 4.88. The lowest BCUT2D eigenvalue weighted by atomic mass is 10.1. The SMILES string of the molecule is O=C(/C=C/c1ccc2c(c1)OCCO2)c1ccc(N2CCOCC2)cc1. The zero-order chi connectivity index (χ0) is 17.8. The second kappa shape index (κ2) is 7.62. The zero-order valence-corrected chi connectivity index (χ0v) is 14.5. The molecule has 5 heteroatoms. The number of nitrogens with zero attached hydrogens (tertiary/aromatic N) is 1. The number of hydrogen-bond acceptors (Lipinski definition) is 5. The lowest BCUT2D eigenvalue weighted by Gasteiger charge is -2.28. The quantitative estimate of drug-likeness (QED) is 0.625. The summed E-state index contributed by atoms with van der Waals surface area (Å²) >= 11 is 0. The molecule has 0 radical (unpaired) electrons. The van der Waals surface area contributed by atoms with Gasteiger partial charge in [-0.25, -0.2) is 0 Å². The van der Waals surface area contributed by atoms with Gasteiger partial charge in [0.05, 0.1) is 13.2 Å². The van der Waals surface area contributed by atoms with E-state index in [0.717, 1.165) is 49.1 Å². The van der Waals surface area contributed by atoms with E-state index in [4.69, 9.17) is 14.2 Å². The highest BCUT2D eigenvalue weighted by molar-refractivity contribution is 6.07. The largest absolute Gasteiger partial charge is 0.486 e. The van der Waals surface area contributed by atoms with E-state index in [1.54, 1.807) is 12.2 Å². The fraction of sp³-hybridized carbons (Fsp3) is 0.286. The number of morpholine rings is 1. The molecule has 0 bridgehead atoms. The number of rotatable bonds is 4. The molecule has 5 nitrogen and oxygen atoms in total. The minimum Gasteiger partial charge on any atom is -0.486 e. The molecule has 0 aromatic heterocycles. The van der Waals surface area contributed by atoms with Gasteiger partial charge in [0, 0.05) is 24.3 Å². The van der Waals surface area contributed by atoms with Crippen molar-refractivity contribution in [2.45, 2.75) is 0 Å².